The van der Waals surface area contributed by atoms with Gasteiger partial charge in [-0.3, -0.25) is 0 Å². The molecule has 0 radical (unpaired) electrons. The van der Waals surface area contributed by atoms with Gasteiger partial charge in [-0.05, 0) is 42.7 Å². The summed E-state index contributed by atoms with van der Waals surface area (Å²) in [6, 6.07) is 4.53. The normalized spacial score (nSPS) is 11.2. The first-order valence-corrected chi connectivity index (χ1v) is 7.50. The van der Waals surface area contributed by atoms with Gasteiger partial charge in [0.1, 0.15) is 12.4 Å². The van der Waals surface area contributed by atoms with Crippen LogP contribution in [0.3, 0.4) is 0 Å². The molecule has 5 heteroatoms. The molecule has 0 N–H and O–H groups in total. The van der Waals surface area contributed by atoms with Crippen LogP contribution in [0.1, 0.15) is 18.9 Å². The first-order valence-electron chi connectivity index (χ1n) is 5.19. The lowest BCUT2D eigenvalue weighted by Crippen LogP contribution is -2.01. The highest BCUT2D eigenvalue weighted by Gasteiger charge is 2.11. The van der Waals surface area contributed by atoms with Crippen molar-refractivity contribution < 1.29 is 13.2 Å². The molecule has 0 heterocycles. The molecule has 0 amide bonds. The fraction of sp³-hybridized carbons (Fsp3) is 0.333. The molecule has 0 unspecified atom stereocenters. The minimum absolute atomic E-state index is 0.0818. The molecule has 0 aliphatic heterocycles. The van der Waals surface area contributed by atoms with E-state index in [1.807, 2.05) is 6.92 Å². The minimum Gasteiger partial charge on any atom is -0.489 e. The summed E-state index contributed by atoms with van der Waals surface area (Å²) in [7, 11) is 1.57. The lowest BCUT2D eigenvalue weighted by Gasteiger charge is -2.10. The van der Waals surface area contributed by atoms with Gasteiger partial charge in [0.2, 0.25) is 0 Å². The van der Waals surface area contributed by atoms with Crippen LogP contribution in [0.15, 0.2) is 35.2 Å². The molecule has 0 saturated carbocycles. The summed E-state index contributed by atoms with van der Waals surface area (Å²) in [5.74, 6) is 0.642. The summed E-state index contributed by atoms with van der Waals surface area (Å²) >= 11 is 0. The van der Waals surface area contributed by atoms with Crippen molar-refractivity contribution in [1.82, 2.24) is 0 Å². The maximum atomic E-state index is 11.1. The van der Waals surface area contributed by atoms with E-state index < -0.39 is 9.05 Å². The molecule has 94 valence electrons. The average molecular weight is 275 g/mol. The van der Waals surface area contributed by atoms with Crippen molar-refractivity contribution in [3.8, 4) is 5.75 Å². The Kier molecular flexibility index (Phi) is 4.60. The van der Waals surface area contributed by atoms with Gasteiger partial charge < -0.3 is 4.74 Å². The van der Waals surface area contributed by atoms with Crippen LogP contribution in [-0.4, -0.2) is 15.0 Å². The molecule has 0 atom stereocenters. The standard InChI is InChI=1S/C12H15ClO3S/c1-4-9(2)8-16-12-6-5-11(7-10(12)3)17(13,14)15/h5-7H,2,4,8H2,1,3H3. The van der Waals surface area contributed by atoms with Gasteiger partial charge in [0.05, 0.1) is 4.90 Å². The summed E-state index contributed by atoms with van der Waals surface area (Å²) in [6.45, 7) is 8.04. The molecule has 1 aromatic carbocycles. The SMILES string of the molecule is C=C(CC)COc1ccc(S(=O)(=O)Cl)cc1C. The highest BCUT2D eigenvalue weighted by Crippen LogP contribution is 2.24. The fourth-order valence-electron chi connectivity index (χ4n) is 1.22. The minimum atomic E-state index is -3.68. The number of ether oxygens (including phenoxy) is 1. The van der Waals surface area contributed by atoms with E-state index in [1.165, 1.54) is 12.1 Å². The topological polar surface area (TPSA) is 43.4 Å². The highest BCUT2D eigenvalue weighted by molar-refractivity contribution is 8.13. The van der Waals surface area contributed by atoms with Crippen molar-refractivity contribution in [3.63, 3.8) is 0 Å². The molecular weight excluding hydrogens is 260 g/mol. The molecule has 0 fully saturated rings. The molecule has 0 spiro atoms. The van der Waals surface area contributed by atoms with E-state index >= 15 is 0 Å². The van der Waals surface area contributed by atoms with E-state index in [-0.39, 0.29) is 4.90 Å². The van der Waals surface area contributed by atoms with Crippen LogP contribution >= 0.6 is 10.7 Å². The predicted octanol–water partition coefficient (Wildman–Crippen LogP) is 3.27. The van der Waals surface area contributed by atoms with Crippen molar-refractivity contribution in [2.75, 3.05) is 6.61 Å². The molecule has 17 heavy (non-hydrogen) atoms. The lowest BCUT2D eigenvalue weighted by atomic mass is 10.2. The predicted molar refractivity (Wildman–Crippen MR) is 69.1 cm³/mol. The summed E-state index contributed by atoms with van der Waals surface area (Å²) in [5.41, 5.74) is 1.72. The van der Waals surface area contributed by atoms with Crippen LogP contribution < -0.4 is 4.74 Å². The quantitative estimate of drug-likeness (QED) is 0.611. The van der Waals surface area contributed by atoms with E-state index in [9.17, 15) is 8.42 Å². The van der Waals surface area contributed by atoms with Gasteiger partial charge in [0, 0.05) is 10.7 Å². The number of halogens is 1. The Morgan fingerprint density at radius 1 is 1.47 bits per heavy atom. The summed E-state index contributed by atoms with van der Waals surface area (Å²) in [6.07, 6.45) is 0.854. The van der Waals surface area contributed by atoms with Gasteiger partial charge in [0.25, 0.3) is 9.05 Å². The molecule has 1 aromatic rings. The first-order chi connectivity index (χ1) is 7.84. The molecule has 0 saturated heterocycles. The van der Waals surface area contributed by atoms with E-state index in [1.54, 1.807) is 13.0 Å². The van der Waals surface area contributed by atoms with Gasteiger partial charge in [-0.25, -0.2) is 8.42 Å². The third-order valence-electron chi connectivity index (χ3n) is 2.36. The lowest BCUT2D eigenvalue weighted by molar-refractivity contribution is 0.346. The van der Waals surface area contributed by atoms with Gasteiger partial charge in [-0.2, -0.15) is 0 Å². The Bertz CT molecular complexity index is 521. The smallest absolute Gasteiger partial charge is 0.261 e. The number of rotatable bonds is 5. The van der Waals surface area contributed by atoms with Gasteiger partial charge in [-0.15, -0.1) is 0 Å². The van der Waals surface area contributed by atoms with E-state index in [4.69, 9.17) is 15.4 Å². The zero-order valence-electron chi connectivity index (χ0n) is 9.86. The Morgan fingerprint density at radius 2 is 2.12 bits per heavy atom. The number of benzene rings is 1. The van der Waals surface area contributed by atoms with E-state index in [2.05, 4.69) is 6.58 Å². The van der Waals surface area contributed by atoms with Gasteiger partial charge >= 0.3 is 0 Å². The molecule has 3 nitrogen and oxygen atoms in total. The van der Waals surface area contributed by atoms with Crippen molar-refractivity contribution in [3.05, 3.63) is 35.9 Å². The summed E-state index contributed by atoms with van der Waals surface area (Å²) < 4.78 is 27.8. The average Bonchev–Trinajstić information content (AvgIpc) is 2.25. The zero-order chi connectivity index (χ0) is 13.1. The number of hydrogen-bond acceptors (Lipinski definition) is 3. The van der Waals surface area contributed by atoms with E-state index in [0.29, 0.717) is 12.4 Å². The second-order valence-corrected chi connectivity index (χ2v) is 6.32. The molecule has 0 aromatic heterocycles. The third kappa shape index (κ3) is 4.06. The Hall–Kier alpha value is -1.00. The van der Waals surface area contributed by atoms with Crippen LogP contribution in [0.25, 0.3) is 0 Å². The third-order valence-corrected chi connectivity index (χ3v) is 3.71. The maximum Gasteiger partial charge on any atom is 0.261 e. The molecule has 0 aliphatic carbocycles. The maximum absolute atomic E-state index is 11.1. The van der Waals surface area contributed by atoms with Crippen LogP contribution in [-0.2, 0) is 9.05 Å². The summed E-state index contributed by atoms with van der Waals surface area (Å²) in [5, 5.41) is 0. The number of hydrogen-bond donors (Lipinski definition) is 0. The van der Waals surface area contributed by atoms with Crippen LogP contribution in [0.4, 0.5) is 0 Å². The number of aryl methyl sites for hydroxylation is 1. The largest absolute Gasteiger partial charge is 0.489 e. The zero-order valence-corrected chi connectivity index (χ0v) is 11.4. The van der Waals surface area contributed by atoms with Gasteiger partial charge in [0.15, 0.2) is 0 Å². The Labute approximate surface area is 106 Å². The van der Waals surface area contributed by atoms with Gasteiger partial charge in [-0.1, -0.05) is 13.5 Å². The van der Waals surface area contributed by atoms with Crippen molar-refractivity contribution in [1.29, 1.82) is 0 Å². The molecule has 1 rings (SSSR count). The van der Waals surface area contributed by atoms with E-state index in [0.717, 1.165) is 17.6 Å². The molecular formula is C12H15ClO3S. The molecule has 0 aliphatic rings. The molecule has 0 bridgehead atoms. The first kappa shape index (κ1) is 14.1. The second kappa shape index (κ2) is 5.56. The highest BCUT2D eigenvalue weighted by atomic mass is 35.7. The Balaban J connectivity index is 2.88. The van der Waals surface area contributed by atoms with Crippen molar-refractivity contribution in [2.45, 2.75) is 25.2 Å². The summed E-state index contributed by atoms with van der Waals surface area (Å²) in [4.78, 5) is 0.0818. The van der Waals surface area contributed by atoms with Crippen LogP contribution in [0.5, 0.6) is 5.75 Å². The van der Waals surface area contributed by atoms with Crippen LogP contribution in [0.2, 0.25) is 0 Å². The second-order valence-electron chi connectivity index (χ2n) is 3.76. The monoisotopic (exact) mass is 274 g/mol. The van der Waals surface area contributed by atoms with Crippen molar-refractivity contribution in [2.24, 2.45) is 0 Å². The van der Waals surface area contributed by atoms with Crippen molar-refractivity contribution >= 4 is 19.7 Å². The van der Waals surface area contributed by atoms with Crippen LogP contribution in [0, 0.1) is 6.92 Å². The Morgan fingerprint density at radius 3 is 2.59 bits per heavy atom. The fourth-order valence-corrected chi connectivity index (χ4v) is 2.05.